The first-order valence-electron chi connectivity index (χ1n) is 7.59. The molecule has 0 amide bonds. The van der Waals surface area contributed by atoms with Crippen LogP contribution >= 0.6 is 0 Å². The summed E-state index contributed by atoms with van der Waals surface area (Å²) in [6, 6.07) is 8.92. The molecule has 4 atom stereocenters. The van der Waals surface area contributed by atoms with Crippen LogP contribution in [0, 0.1) is 11.3 Å². The minimum atomic E-state index is -1.27. The predicted molar refractivity (Wildman–Crippen MR) is 82.6 cm³/mol. The highest BCUT2D eigenvalue weighted by Crippen LogP contribution is 2.49. The van der Waals surface area contributed by atoms with E-state index >= 15 is 0 Å². The minimum absolute atomic E-state index is 0.268. The molecule has 0 bridgehead atoms. The normalized spacial score (nSPS) is 34.5. The van der Waals surface area contributed by atoms with Gasteiger partial charge in [0.1, 0.15) is 5.54 Å². The Kier molecular flexibility index (Phi) is 4.29. The lowest BCUT2D eigenvalue weighted by molar-refractivity contribution is -0.154. The van der Waals surface area contributed by atoms with Gasteiger partial charge in [-0.25, -0.2) is 0 Å². The van der Waals surface area contributed by atoms with E-state index in [0.29, 0.717) is 6.42 Å². The van der Waals surface area contributed by atoms with E-state index in [1.165, 1.54) is 0 Å². The van der Waals surface area contributed by atoms with Gasteiger partial charge in [0.05, 0.1) is 5.41 Å². The molecule has 22 heavy (non-hydrogen) atoms. The van der Waals surface area contributed by atoms with Crippen molar-refractivity contribution in [1.29, 1.82) is 0 Å². The Hall–Kier alpha value is -1.88. The van der Waals surface area contributed by atoms with Crippen molar-refractivity contribution in [2.24, 2.45) is 11.3 Å². The van der Waals surface area contributed by atoms with Crippen molar-refractivity contribution >= 4 is 11.9 Å². The third-order valence-corrected chi connectivity index (χ3v) is 5.45. The lowest BCUT2D eigenvalue weighted by Crippen LogP contribution is -2.55. The standard InChI is InChI=1S/C17H23NO4/c1-4-16(14(19)20)11(2)17(15(21)22,18-12(16)3)10-13-8-6-5-7-9-13/h5-9,11-12,18H,4,10H2,1-3H3,(H,19,20)(H,21,22). The van der Waals surface area contributed by atoms with E-state index in [1.54, 1.807) is 13.8 Å². The van der Waals surface area contributed by atoms with E-state index in [-0.39, 0.29) is 6.42 Å². The van der Waals surface area contributed by atoms with Crippen LogP contribution < -0.4 is 5.32 Å². The molecule has 0 radical (unpaired) electrons. The maximum atomic E-state index is 12.1. The molecule has 1 aromatic carbocycles. The Morgan fingerprint density at radius 2 is 1.73 bits per heavy atom. The van der Waals surface area contributed by atoms with Gasteiger partial charge >= 0.3 is 11.9 Å². The number of carboxylic acid groups (broad SMARTS) is 2. The second-order valence-electron chi connectivity index (χ2n) is 6.23. The summed E-state index contributed by atoms with van der Waals surface area (Å²) in [5.41, 5.74) is -1.46. The highest BCUT2D eigenvalue weighted by Gasteiger charge is 2.64. The van der Waals surface area contributed by atoms with Crippen LogP contribution in [0.15, 0.2) is 30.3 Å². The Labute approximate surface area is 130 Å². The topological polar surface area (TPSA) is 86.6 Å². The van der Waals surface area contributed by atoms with E-state index < -0.39 is 34.9 Å². The first-order chi connectivity index (χ1) is 10.3. The summed E-state index contributed by atoms with van der Waals surface area (Å²) in [5, 5.41) is 22.7. The summed E-state index contributed by atoms with van der Waals surface area (Å²) < 4.78 is 0. The van der Waals surface area contributed by atoms with Gasteiger partial charge < -0.3 is 10.2 Å². The van der Waals surface area contributed by atoms with Crippen molar-refractivity contribution in [3.8, 4) is 0 Å². The molecule has 1 heterocycles. The molecule has 2 rings (SSSR count). The van der Waals surface area contributed by atoms with E-state index in [0.717, 1.165) is 5.56 Å². The molecule has 0 aromatic heterocycles. The maximum absolute atomic E-state index is 12.1. The van der Waals surface area contributed by atoms with Crippen molar-refractivity contribution in [3.05, 3.63) is 35.9 Å². The number of benzene rings is 1. The van der Waals surface area contributed by atoms with Crippen molar-refractivity contribution in [2.45, 2.75) is 45.2 Å². The van der Waals surface area contributed by atoms with Gasteiger partial charge in [0.2, 0.25) is 0 Å². The Morgan fingerprint density at radius 3 is 2.14 bits per heavy atom. The van der Waals surface area contributed by atoms with Crippen molar-refractivity contribution in [2.75, 3.05) is 0 Å². The molecule has 4 unspecified atom stereocenters. The van der Waals surface area contributed by atoms with Crippen molar-refractivity contribution in [3.63, 3.8) is 0 Å². The highest BCUT2D eigenvalue weighted by molar-refractivity contribution is 5.85. The zero-order valence-electron chi connectivity index (χ0n) is 13.2. The van der Waals surface area contributed by atoms with Crippen molar-refractivity contribution < 1.29 is 19.8 Å². The molecule has 1 aliphatic rings. The molecule has 120 valence electrons. The van der Waals surface area contributed by atoms with E-state index in [1.807, 2.05) is 37.3 Å². The smallest absolute Gasteiger partial charge is 0.324 e. The molecule has 1 aliphatic heterocycles. The maximum Gasteiger partial charge on any atom is 0.324 e. The monoisotopic (exact) mass is 305 g/mol. The summed E-state index contributed by atoms with van der Waals surface area (Å²) in [6.07, 6.45) is 0.658. The number of nitrogens with one attached hydrogen (secondary N) is 1. The van der Waals surface area contributed by atoms with Gasteiger partial charge in [0.15, 0.2) is 0 Å². The van der Waals surface area contributed by atoms with Gasteiger partial charge in [0, 0.05) is 18.4 Å². The molecular formula is C17H23NO4. The quantitative estimate of drug-likeness (QED) is 0.776. The summed E-state index contributed by atoms with van der Waals surface area (Å²) in [6.45, 7) is 5.32. The van der Waals surface area contributed by atoms with Crippen LogP contribution in [0.25, 0.3) is 0 Å². The van der Waals surface area contributed by atoms with E-state index in [9.17, 15) is 19.8 Å². The van der Waals surface area contributed by atoms with Crippen LogP contribution in [0.2, 0.25) is 0 Å². The van der Waals surface area contributed by atoms with Crippen LogP contribution in [-0.2, 0) is 16.0 Å². The van der Waals surface area contributed by atoms with Crippen LogP contribution in [0.1, 0.15) is 32.8 Å². The summed E-state index contributed by atoms with van der Waals surface area (Å²) in [5.74, 6) is -2.46. The SMILES string of the molecule is CCC1(C(=O)O)C(C)NC(Cc2ccccc2)(C(=O)O)C1C. The second-order valence-corrected chi connectivity index (χ2v) is 6.23. The van der Waals surface area contributed by atoms with Crippen LogP contribution in [0.3, 0.4) is 0 Å². The third-order valence-electron chi connectivity index (χ3n) is 5.45. The van der Waals surface area contributed by atoms with Gasteiger partial charge in [-0.1, -0.05) is 44.2 Å². The fraction of sp³-hybridized carbons (Fsp3) is 0.529. The molecule has 1 aromatic rings. The van der Waals surface area contributed by atoms with Crippen LogP contribution in [0.4, 0.5) is 0 Å². The van der Waals surface area contributed by atoms with Gasteiger partial charge in [-0.15, -0.1) is 0 Å². The Morgan fingerprint density at radius 1 is 1.14 bits per heavy atom. The molecule has 5 heteroatoms. The van der Waals surface area contributed by atoms with Crippen molar-refractivity contribution in [1.82, 2.24) is 5.32 Å². The van der Waals surface area contributed by atoms with Gasteiger partial charge in [-0.3, -0.25) is 14.9 Å². The molecular weight excluding hydrogens is 282 g/mol. The number of hydrogen-bond acceptors (Lipinski definition) is 3. The number of rotatable bonds is 5. The van der Waals surface area contributed by atoms with Crippen LogP contribution in [-0.4, -0.2) is 33.7 Å². The zero-order valence-corrected chi connectivity index (χ0v) is 13.2. The Balaban J connectivity index is 2.49. The average molecular weight is 305 g/mol. The molecule has 5 nitrogen and oxygen atoms in total. The zero-order chi connectivity index (χ0) is 16.5. The molecule has 0 spiro atoms. The molecule has 0 saturated carbocycles. The van der Waals surface area contributed by atoms with E-state index in [2.05, 4.69) is 5.32 Å². The fourth-order valence-corrected chi connectivity index (χ4v) is 4.03. The predicted octanol–water partition coefficient (Wildman–Crippen LogP) is 2.16. The highest BCUT2D eigenvalue weighted by atomic mass is 16.4. The van der Waals surface area contributed by atoms with Crippen LogP contribution in [0.5, 0.6) is 0 Å². The fourth-order valence-electron chi connectivity index (χ4n) is 4.03. The largest absolute Gasteiger partial charge is 0.481 e. The summed E-state index contributed by atoms with van der Waals surface area (Å²) >= 11 is 0. The third kappa shape index (κ3) is 2.20. The average Bonchev–Trinajstić information content (AvgIpc) is 2.69. The van der Waals surface area contributed by atoms with Gasteiger partial charge in [-0.2, -0.15) is 0 Å². The number of carboxylic acids is 2. The lowest BCUT2D eigenvalue weighted by atomic mass is 9.65. The minimum Gasteiger partial charge on any atom is -0.481 e. The first kappa shape index (κ1) is 16.5. The molecule has 1 saturated heterocycles. The summed E-state index contributed by atoms with van der Waals surface area (Å²) in [7, 11) is 0. The van der Waals surface area contributed by atoms with Gasteiger partial charge in [0.25, 0.3) is 0 Å². The first-order valence-corrected chi connectivity index (χ1v) is 7.59. The molecule has 0 aliphatic carbocycles. The second kappa shape index (κ2) is 5.72. The lowest BCUT2D eigenvalue weighted by Gasteiger charge is -2.35. The number of aliphatic carboxylic acids is 2. The number of carbonyl (C=O) groups is 2. The number of hydrogen-bond donors (Lipinski definition) is 3. The molecule has 1 fully saturated rings. The molecule has 3 N–H and O–H groups in total. The van der Waals surface area contributed by atoms with Gasteiger partial charge in [-0.05, 0) is 18.9 Å². The summed E-state index contributed by atoms with van der Waals surface area (Å²) in [4.78, 5) is 24.0. The Bertz CT molecular complexity index is 573. The van der Waals surface area contributed by atoms with E-state index in [4.69, 9.17) is 0 Å².